The Morgan fingerprint density at radius 1 is 1.00 bits per heavy atom. The van der Waals surface area contributed by atoms with Crippen molar-refractivity contribution in [2.45, 2.75) is 13.8 Å². The van der Waals surface area contributed by atoms with Gasteiger partial charge in [0.25, 0.3) is 0 Å². The van der Waals surface area contributed by atoms with Crippen molar-refractivity contribution < 1.29 is 9.47 Å². The second-order valence-corrected chi connectivity index (χ2v) is 1.85. The predicted octanol–water partition coefficient (Wildman–Crippen LogP) is 3.24. The van der Waals surface area contributed by atoms with E-state index in [9.17, 15) is 0 Å². The largest absolute Gasteiger partial charge is 0.454 e. The summed E-state index contributed by atoms with van der Waals surface area (Å²) in [6.45, 7) is 10.4. The first-order valence-corrected chi connectivity index (χ1v) is 4.31. The summed E-state index contributed by atoms with van der Waals surface area (Å²) in [5.74, 6) is 1.69. The molecule has 0 radical (unpaired) electrons. The Morgan fingerprint density at radius 3 is 1.77 bits per heavy atom. The Labute approximate surface area is 79.8 Å². The summed E-state index contributed by atoms with van der Waals surface area (Å²) in [5, 5.41) is 0. The van der Waals surface area contributed by atoms with Gasteiger partial charge in [0, 0.05) is 0 Å². The maximum atomic E-state index is 5.08. The zero-order valence-electron chi connectivity index (χ0n) is 8.25. The van der Waals surface area contributed by atoms with Gasteiger partial charge in [0.1, 0.15) is 0 Å². The van der Waals surface area contributed by atoms with Crippen molar-refractivity contribution in [3.63, 3.8) is 0 Å². The van der Waals surface area contributed by atoms with E-state index in [1.165, 1.54) is 0 Å². The molecule has 0 unspecified atom stereocenters. The molecule has 1 aromatic rings. The first kappa shape index (κ1) is 11.6. The number of rotatable bonds is 0. The first-order chi connectivity index (χ1) is 6.47. The van der Waals surface area contributed by atoms with Gasteiger partial charge in [-0.15, -0.1) is 13.2 Å². The van der Waals surface area contributed by atoms with Gasteiger partial charge < -0.3 is 9.47 Å². The average molecular weight is 180 g/mol. The van der Waals surface area contributed by atoms with Crippen LogP contribution in [0.1, 0.15) is 13.8 Å². The Bertz CT molecular complexity index is 210. The van der Waals surface area contributed by atoms with Gasteiger partial charge in [-0.25, -0.2) is 0 Å². The summed E-state index contributed by atoms with van der Waals surface area (Å²) < 4.78 is 10.2. The summed E-state index contributed by atoms with van der Waals surface area (Å²) >= 11 is 0. The van der Waals surface area contributed by atoms with Crippen molar-refractivity contribution in [1.82, 2.24) is 0 Å². The molecule has 72 valence electrons. The summed E-state index contributed by atoms with van der Waals surface area (Å²) in [7, 11) is 0. The molecule has 0 fully saturated rings. The number of para-hydroxylation sites is 2. The topological polar surface area (TPSA) is 18.5 Å². The minimum absolute atomic E-state index is 0.360. The van der Waals surface area contributed by atoms with Crippen molar-refractivity contribution in [3.05, 3.63) is 37.4 Å². The third kappa shape index (κ3) is 3.20. The summed E-state index contributed by atoms with van der Waals surface area (Å²) in [6, 6.07) is 7.63. The standard InChI is InChI=1S/C7H6O2.C2H6.C2H4/c1-2-4-7-6(3-1)8-5-9-7;2*1-2/h1-4H,5H2;1-2H3;1-2H2. The van der Waals surface area contributed by atoms with E-state index in [-0.39, 0.29) is 0 Å². The molecule has 1 heterocycles. The van der Waals surface area contributed by atoms with E-state index in [1.54, 1.807) is 0 Å². The lowest BCUT2D eigenvalue weighted by molar-refractivity contribution is 0.174. The normalized spacial score (nSPS) is 10.3. The zero-order chi connectivity index (χ0) is 10.1. The third-order valence-electron chi connectivity index (χ3n) is 1.28. The molecule has 0 atom stereocenters. The van der Waals surface area contributed by atoms with Gasteiger partial charge >= 0.3 is 0 Å². The molecule has 13 heavy (non-hydrogen) atoms. The van der Waals surface area contributed by atoms with E-state index in [4.69, 9.17) is 9.47 Å². The molecule has 2 nitrogen and oxygen atoms in total. The number of hydrogen-bond acceptors (Lipinski definition) is 2. The van der Waals surface area contributed by atoms with Crippen LogP contribution in [0.2, 0.25) is 0 Å². The Kier molecular flexibility index (Phi) is 6.42. The molecule has 2 heteroatoms. The van der Waals surface area contributed by atoms with Crippen LogP contribution in [0.5, 0.6) is 11.5 Å². The van der Waals surface area contributed by atoms with Crippen LogP contribution in [0.3, 0.4) is 0 Å². The monoisotopic (exact) mass is 180 g/mol. The van der Waals surface area contributed by atoms with E-state index >= 15 is 0 Å². The van der Waals surface area contributed by atoms with E-state index in [2.05, 4.69) is 13.2 Å². The van der Waals surface area contributed by atoms with Crippen LogP contribution in [0.25, 0.3) is 0 Å². The lowest BCUT2D eigenvalue weighted by Crippen LogP contribution is -1.92. The van der Waals surface area contributed by atoms with Gasteiger partial charge in [0.2, 0.25) is 6.79 Å². The van der Waals surface area contributed by atoms with Crippen LogP contribution < -0.4 is 9.47 Å². The van der Waals surface area contributed by atoms with Crippen LogP contribution in [0.15, 0.2) is 37.4 Å². The van der Waals surface area contributed by atoms with Gasteiger partial charge in [-0.1, -0.05) is 26.0 Å². The molecule has 2 rings (SSSR count). The average Bonchev–Trinajstić information content (AvgIpc) is 2.71. The highest BCUT2D eigenvalue weighted by atomic mass is 16.7. The highest BCUT2D eigenvalue weighted by Crippen LogP contribution is 2.30. The molecule has 1 aliphatic heterocycles. The fraction of sp³-hybridized carbons (Fsp3) is 0.273. The number of benzene rings is 1. The minimum atomic E-state index is 0.360. The Morgan fingerprint density at radius 2 is 1.38 bits per heavy atom. The van der Waals surface area contributed by atoms with Crippen LogP contribution in [-0.4, -0.2) is 6.79 Å². The van der Waals surface area contributed by atoms with Crippen LogP contribution >= 0.6 is 0 Å². The zero-order valence-corrected chi connectivity index (χ0v) is 8.25. The first-order valence-electron chi connectivity index (χ1n) is 4.31. The van der Waals surface area contributed by atoms with Crippen molar-refractivity contribution >= 4 is 0 Å². The molecule has 0 amide bonds. The van der Waals surface area contributed by atoms with Crippen molar-refractivity contribution in [2.75, 3.05) is 6.79 Å². The van der Waals surface area contributed by atoms with Gasteiger partial charge in [-0.2, -0.15) is 0 Å². The Balaban J connectivity index is 0.000000322. The quantitative estimate of drug-likeness (QED) is 0.570. The molecule has 0 saturated carbocycles. The molecule has 0 N–H and O–H groups in total. The van der Waals surface area contributed by atoms with Gasteiger partial charge in [-0.05, 0) is 12.1 Å². The van der Waals surface area contributed by atoms with Crippen molar-refractivity contribution in [2.24, 2.45) is 0 Å². The van der Waals surface area contributed by atoms with Crippen molar-refractivity contribution in [1.29, 1.82) is 0 Å². The fourth-order valence-electron chi connectivity index (χ4n) is 0.845. The van der Waals surface area contributed by atoms with Gasteiger partial charge in [-0.3, -0.25) is 0 Å². The molecule has 0 aliphatic carbocycles. The fourth-order valence-corrected chi connectivity index (χ4v) is 0.845. The molecule has 0 bridgehead atoms. The molecule has 0 saturated heterocycles. The van der Waals surface area contributed by atoms with Crippen LogP contribution in [0, 0.1) is 0 Å². The number of ether oxygens (including phenoxy) is 2. The maximum Gasteiger partial charge on any atom is 0.231 e. The molecular formula is C11H16O2. The van der Waals surface area contributed by atoms with Gasteiger partial charge in [0.05, 0.1) is 0 Å². The highest BCUT2D eigenvalue weighted by molar-refractivity contribution is 5.40. The highest BCUT2D eigenvalue weighted by Gasteiger charge is 2.09. The van der Waals surface area contributed by atoms with Crippen molar-refractivity contribution in [3.8, 4) is 11.5 Å². The van der Waals surface area contributed by atoms with Crippen LogP contribution in [0.4, 0.5) is 0 Å². The second-order valence-electron chi connectivity index (χ2n) is 1.85. The number of fused-ring (bicyclic) bond motifs is 1. The Hall–Kier alpha value is -1.44. The summed E-state index contributed by atoms with van der Waals surface area (Å²) in [6.07, 6.45) is 0. The lowest BCUT2D eigenvalue weighted by Gasteiger charge is -1.89. The molecule has 1 aromatic carbocycles. The summed E-state index contributed by atoms with van der Waals surface area (Å²) in [4.78, 5) is 0. The molecule has 0 spiro atoms. The van der Waals surface area contributed by atoms with Gasteiger partial charge in [0.15, 0.2) is 11.5 Å². The maximum absolute atomic E-state index is 5.08. The minimum Gasteiger partial charge on any atom is -0.454 e. The lowest BCUT2D eigenvalue weighted by atomic mass is 10.3. The van der Waals surface area contributed by atoms with Crippen LogP contribution in [-0.2, 0) is 0 Å². The SMILES string of the molecule is C=C.CC.c1ccc2c(c1)OCO2. The van der Waals surface area contributed by atoms with E-state index < -0.39 is 0 Å². The van der Waals surface area contributed by atoms with E-state index in [0.717, 1.165) is 11.5 Å². The molecule has 0 aromatic heterocycles. The smallest absolute Gasteiger partial charge is 0.231 e. The van der Waals surface area contributed by atoms with E-state index in [1.807, 2.05) is 38.1 Å². The molecular weight excluding hydrogens is 164 g/mol. The predicted molar refractivity (Wildman–Crippen MR) is 55.2 cm³/mol. The third-order valence-corrected chi connectivity index (χ3v) is 1.28. The number of hydrogen-bond donors (Lipinski definition) is 0. The second kappa shape index (κ2) is 7.22. The molecule has 1 aliphatic rings. The van der Waals surface area contributed by atoms with E-state index in [0.29, 0.717) is 6.79 Å². The summed E-state index contributed by atoms with van der Waals surface area (Å²) in [5.41, 5.74) is 0.